The van der Waals surface area contributed by atoms with Crippen molar-refractivity contribution in [3.63, 3.8) is 0 Å². The van der Waals surface area contributed by atoms with Gasteiger partial charge in [-0.2, -0.15) is 0 Å². The smallest absolute Gasteiger partial charge is 0.276 e. The van der Waals surface area contributed by atoms with E-state index in [4.69, 9.17) is 4.74 Å². The summed E-state index contributed by atoms with van der Waals surface area (Å²) in [6.07, 6.45) is 3.03. The van der Waals surface area contributed by atoms with Crippen molar-refractivity contribution < 1.29 is 9.53 Å². The Hall–Kier alpha value is -1.96. The van der Waals surface area contributed by atoms with Crippen LogP contribution in [-0.4, -0.2) is 58.6 Å². The van der Waals surface area contributed by atoms with Gasteiger partial charge >= 0.3 is 0 Å². The average Bonchev–Trinajstić information content (AvgIpc) is 3.36. The van der Waals surface area contributed by atoms with E-state index in [9.17, 15) is 4.79 Å². The number of halogens is 1. The summed E-state index contributed by atoms with van der Waals surface area (Å²) in [6, 6.07) is 10.5. The van der Waals surface area contributed by atoms with E-state index in [1.807, 2.05) is 34.7 Å². The van der Waals surface area contributed by atoms with Gasteiger partial charge < -0.3 is 15.0 Å². The highest BCUT2D eigenvalue weighted by Gasteiger charge is 2.31. The van der Waals surface area contributed by atoms with Crippen molar-refractivity contribution >= 4 is 18.3 Å². The van der Waals surface area contributed by atoms with Gasteiger partial charge in [-0.1, -0.05) is 35.5 Å². The zero-order valence-electron chi connectivity index (χ0n) is 16.9. The molecule has 158 valence electrons. The summed E-state index contributed by atoms with van der Waals surface area (Å²) in [7, 11) is 0. The molecular weight excluding hydrogens is 390 g/mol. The molecule has 1 amide bonds. The minimum Gasteiger partial charge on any atom is -0.376 e. The predicted octanol–water partition coefficient (Wildman–Crippen LogP) is 2.61. The zero-order valence-corrected chi connectivity index (χ0v) is 17.7. The number of hydrogen-bond acceptors (Lipinski definition) is 5. The lowest BCUT2D eigenvalue weighted by molar-refractivity contribution is 0.0727. The summed E-state index contributed by atoms with van der Waals surface area (Å²) in [5, 5.41) is 11.9. The molecule has 1 aromatic heterocycles. The first-order valence-electron chi connectivity index (χ1n) is 10.3. The minimum absolute atomic E-state index is 0. The first-order valence-corrected chi connectivity index (χ1v) is 10.3. The van der Waals surface area contributed by atoms with Crippen LogP contribution in [0.2, 0.25) is 0 Å². The highest BCUT2D eigenvalue weighted by atomic mass is 35.5. The maximum Gasteiger partial charge on any atom is 0.276 e. The maximum atomic E-state index is 13.0. The van der Waals surface area contributed by atoms with E-state index in [1.54, 1.807) is 0 Å². The van der Waals surface area contributed by atoms with Crippen molar-refractivity contribution in [2.24, 2.45) is 5.92 Å². The molecule has 0 bridgehead atoms. The number of carbonyl (C=O) groups is 1. The van der Waals surface area contributed by atoms with Gasteiger partial charge in [0.1, 0.15) is 0 Å². The van der Waals surface area contributed by atoms with Crippen LogP contribution in [0.5, 0.6) is 0 Å². The van der Waals surface area contributed by atoms with Crippen LogP contribution in [-0.2, 0) is 11.3 Å². The number of aromatic nitrogens is 3. The third-order valence-electron chi connectivity index (χ3n) is 5.82. The van der Waals surface area contributed by atoms with Crippen molar-refractivity contribution in [2.75, 3.05) is 32.8 Å². The lowest BCUT2D eigenvalue weighted by Gasteiger charge is -2.23. The molecule has 0 saturated carbocycles. The largest absolute Gasteiger partial charge is 0.376 e. The third-order valence-corrected chi connectivity index (χ3v) is 5.82. The topological polar surface area (TPSA) is 72.3 Å². The molecular formula is C21H30ClN5O2. The van der Waals surface area contributed by atoms with Gasteiger partial charge in [0.25, 0.3) is 5.91 Å². The molecule has 1 atom stereocenters. The van der Waals surface area contributed by atoms with E-state index >= 15 is 0 Å². The van der Waals surface area contributed by atoms with Gasteiger partial charge in [-0.05, 0) is 44.8 Å². The van der Waals surface area contributed by atoms with Gasteiger partial charge in [0.05, 0.1) is 24.9 Å². The molecule has 7 nitrogen and oxygen atoms in total. The van der Waals surface area contributed by atoms with E-state index in [2.05, 4.69) is 27.8 Å². The van der Waals surface area contributed by atoms with Crippen LogP contribution >= 0.6 is 12.4 Å². The lowest BCUT2D eigenvalue weighted by Crippen LogP contribution is -2.31. The number of amides is 1. The third kappa shape index (κ3) is 5.15. The fourth-order valence-electron chi connectivity index (χ4n) is 4.16. The van der Waals surface area contributed by atoms with E-state index < -0.39 is 0 Å². The molecule has 2 fully saturated rings. The number of piperidine rings is 1. The number of likely N-dealkylation sites (tertiary alicyclic amines) is 1. The number of hydrogen-bond donors (Lipinski definition) is 1. The van der Waals surface area contributed by atoms with Crippen LogP contribution in [0.4, 0.5) is 0 Å². The Morgan fingerprint density at radius 3 is 2.72 bits per heavy atom. The number of rotatable bonds is 6. The molecule has 2 saturated heterocycles. The molecule has 1 aromatic carbocycles. The Morgan fingerprint density at radius 2 is 1.97 bits per heavy atom. The molecule has 8 heteroatoms. The second-order valence-electron chi connectivity index (χ2n) is 7.86. The maximum absolute atomic E-state index is 13.0. The van der Waals surface area contributed by atoms with E-state index in [0.29, 0.717) is 30.9 Å². The average molecular weight is 420 g/mol. The summed E-state index contributed by atoms with van der Waals surface area (Å²) in [6.45, 7) is 6.74. The van der Waals surface area contributed by atoms with Gasteiger partial charge in [-0.25, -0.2) is 4.68 Å². The molecule has 0 radical (unpaired) electrons. The number of benzene rings is 1. The van der Waals surface area contributed by atoms with Crippen LogP contribution in [0.15, 0.2) is 30.3 Å². The van der Waals surface area contributed by atoms with Crippen LogP contribution in [0.25, 0.3) is 0 Å². The molecule has 1 N–H and O–H groups in total. The number of ether oxygens (including phenoxy) is 1. The Balaban J connectivity index is 0.00000240. The van der Waals surface area contributed by atoms with Crippen LogP contribution in [0, 0.1) is 12.8 Å². The summed E-state index contributed by atoms with van der Waals surface area (Å²) in [4.78, 5) is 14.9. The van der Waals surface area contributed by atoms with Crippen molar-refractivity contribution in [1.29, 1.82) is 0 Å². The molecule has 2 aliphatic heterocycles. The minimum atomic E-state index is 0. The number of carbonyl (C=O) groups excluding carboxylic acids is 1. The monoisotopic (exact) mass is 419 g/mol. The summed E-state index contributed by atoms with van der Waals surface area (Å²) in [5.74, 6) is 0.385. The Labute approximate surface area is 178 Å². The van der Waals surface area contributed by atoms with E-state index in [-0.39, 0.29) is 18.3 Å². The highest BCUT2D eigenvalue weighted by molar-refractivity contribution is 5.93. The molecule has 29 heavy (non-hydrogen) atoms. The van der Waals surface area contributed by atoms with Crippen molar-refractivity contribution in [3.8, 4) is 0 Å². The van der Waals surface area contributed by atoms with E-state index in [0.717, 1.165) is 51.1 Å². The van der Waals surface area contributed by atoms with Crippen LogP contribution in [0.3, 0.4) is 0 Å². The van der Waals surface area contributed by atoms with Gasteiger partial charge in [-0.15, -0.1) is 17.5 Å². The summed E-state index contributed by atoms with van der Waals surface area (Å²) < 4.78 is 7.82. The van der Waals surface area contributed by atoms with Crippen molar-refractivity contribution in [1.82, 2.24) is 25.2 Å². The Morgan fingerprint density at radius 1 is 1.21 bits per heavy atom. The first-order chi connectivity index (χ1) is 13.7. The summed E-state index contributed by atoms with van der Waals surface area (Å²) >= 11 is 0. The molecule has 4 rings (SSSR count). The van der Waals surface area contributed by atoms with Crippen LogP contribution in [0.1, 0.15) is 47.1 Å². The SMILES string of the molecule is Cc1c(C(=O)N2CCC(COCc3ccccc3)C2)nnn1C1CCNCC1.Cl. The van der Waals surface area contributed by atoms with Crippen molar-refractivity contribution in [3.05, 3.63) is 47.3 Å². The molecule has 0 spiro atoms. The molecule has 3 heterocycles. The van der Waals surface area contributed by atoms with Gasteiger partial charge in [-0.3, -0.25) is 4.79 Å². The fraction of sp³-hybridized carbons (Fsp3) is 0.571. The molecule has 0 aliphatic carbocycles. The zero-order chi connectivity index (χ0) is 19.3. The number of nitrogens with zero attached hydrogens (tertiary/aromatic N) is 4. The normalized spacial score (nSPS) is 19.9. The van der Waals surface area contributed by atoms with Crippen LogP contribution < -0.4 is 5.32 Å². The predicted molar refractivity (Wildman–Crippen MR) is 113 cm³/mol. The van der Waals surface area contributed by atoms with Gasteiger partial charge in [0.15, 0.2) is 5.69 Å². The van der Waals surface area contributed by atoms with Gasteiger partial charge in [0.2, 0.25) is 0 Å². The Kier molecular flexibility index (Phi) is 7.64. The number of nitrogens with one attached hydrogen (secondary N) is 1. The second-order valence-corrected chi connectivity index (χ2v) is 7.86. The second kappa shape index (κ2) is 10.2. The standard InChI is InChI=1S/C21H29N5O2.ClH/c1-16-20(23-24-26(16)19-7-10-22-11-8-19)21(27)25-12-9-18(13-25)15-28-14-17-5-3-2-4-6-17;/h2-6,18-19,22H,7-15H2,1H3;1H. The van der Waals surface area contributed by atoms with E-state index in [1.165, 1.54) is 5.56 Å². The lowest BCUT2D eigenvalue weighted by atomic mass is 10.1. The van der Waals surface area contributed by atoms with Gasteiger partial charge in [0, 0.05) is 19.0 Å². The quantitative estimate of drug-likeness (QED) is 0.779. The Bertz CT molecular complexity index is 792. The summed E-state index contributed by atoms with van der Waals surface area (Å²) in [5.41, 5.74) is 2.57. The fourth-order valence-corrected chi connectivity index (χ4v) is 4.16. The molecule has 1 unspecified atom stereocenters. The molecule has 2 aromatic rings. The first kappa shape index (κ1) is 21.7. The van der Waals surface area contributed by atoms with Crippen molar-refractivity contribution in [2.45, 2.75) is 38.8 Å². The molecule has 2 aliphatic rings. The highest BCUT2D eigenvalue weighted by Crippen LogP contribution is 2.23.